The Morgan fingerprint density at radius 2 is 1.09 bits per heavy atom. The normalized spacial score (nSPS) is 13.7. The maximum atomic E-state index is 11.8. The Morgan fingerprint density at radius 1 is 0.571 bits per heavy atom. The molecule has 0 heterocycles. The monoisotopic (exact) mass is 515 g/mol. The second-order valence-electron chi connectivity index (χ2n) is 9.07. The number of nitrogens with zero attached hydrogens (tertiary/aromatic N) is 1. The van der Waals surface area contributed by atoms with Crippen LogP contribution in [-0.4, -0.2) is 4.92 Å². The smallest absolute Gasteiger partial charge is 0.258 e. The van der Waals surface area contributed by atoms with Gasteiger partial charge in [-0.05, 0) is 68.3 Å². The topological polar surface area (TPSA) is 43.1 Å². The minimum absolute atomic E-state index is 0.103. The first-order chi connectivity index (χ1) is 17.1. The number of hydrogen-bond acceptors (Lipinski definition) is 2. The summed E-state index contributed by atoms with van der Waals surface area (Å²) in [7, 11) is 0. The fourth-order valence-electron chi connectivity index (χ4n) is 6.17. The number of halogens is 1. The second-order valence-corrected chi connectivity index (χ2v) is 9.98. The van der Waals surface area contributed by atoms with Gasteiger partial charge < -0.3 is 0 Å². The van der Waals surface area contributed by atoms with Crippen molar-refractivity contribution in [1.82, 2.24) is 0 Å². The summed E-state index contributed by atoms with van der Waals surface area (Å²) in [6.45, 7) is 0. The van der Waals surface area contributed by atoms with Gasteiger partial charge in [0.05, 0.1) is 15.9 Å². The average molecular weight is 516 g/mol. The van der Waals surface area contributed by atoms with Gasteiger partial charge in [0.25, 0.3) is 5.69 Å². The highest BCUT2D eigenvalue weighted by Crippen LogP contribution is 2.62. The van der Waals surface area contributed by atoms with Crippen LogP contribution in [-0.2, 0) is 5.41 Å². The average Bonchev–Trinajstić information content (AvgIpc) is 3.35. The first kappa shape index (κ1) is 20.4. The van der Waals surface area contributed by atoms with Crippen LogP contribution in [0.2, 0.25) is 0 Å². The zero-order valence-corrected chi connectivity index (χ0v) is 20.1. The fourth-order valence-corrected chi connectivity index (χ4v) is 6.53. The van der Waals surface area contributed by atoms with Crippen molar-refractivity contribution in [3.05, 3.63) is 146 Å². The second kappa shape index (κ2) is 7.24. The first-order valence-electron chi connectivity index (χ1n) is 11.5. The van der Waals surface area contributed by atoms with Crippen molar-refractivity contribution in [1.29, 1.82) is 0 Å². The van der Waals surface area contributed by atoms with E-state index in [1.807, 2.05) is 12.1 Å². The van der Waals surface area contributed by atoms with Crippen LogP contribution in [0.1, 0.15) is 22.3 Å². The molecule has 0 N–H and O–H groups in total. The number of benzene rings is 5. The van der Waals surface area contributed by atoms with Gasteiger partial charge in [0.1, 0.15) is 0 Å². The standard InChI is InChI=1S/C31H18BrNO2/c32-20-14-16-30(33(34)35)24(18-20)19-13-15-29-25(17-19)23-9-3-6-12-28(23)31(29)26-10-4-1-7-21(26)22-8-2-5-11-27(22)31/h1-18H. The lowest BCUT2D eigenvalue weighted by molar-refractivity contribution is -0.384. The van der Waals surface area contributed by atoms with E-state index in [-0.39, 0.29) is 10.6 Å². The lowest BCUT2D eigenvalue weighted by Gasteiger charge is -2.30. The van der Waals surface area contributed by atoms with E-state index in [9.17, 15) is 10.1 Å². The number of fused-ring (bicyclic) bond motifs is 10. The van der Waals surface area contributed by atoms with Crippen LogP contribution in [0, 0.1) is 10.1 Å². The Kier molecular flexibility index (Phi) is 4.21. The van der Waals surface area contributed by atoms with Crippen molar-refractivity contribution in [2.45, 2.75) is 5.41 Å². The van der Waals surface area contributed by atoms with Gasteiger partial charge in [-0.1, -0.05) is 101 Å². The molecule has 2 aliphatic carbocycles. The predicted molar refractivity (Wildman–Crippen MR) is 143 cm³/mol. The van der Waals surface area contributed by atoms with Gasteiger partial charge >= 0.3 is 0 Å². The summed E-state index contributed by atoms with van der Waals surface area (Å²) >= 11 is 3.49. The first-order valence-corrected chi connectivity index (χ1v) is 12.3. The largest absolute Gasteiger partial charge is 0.277 e. The SMILES string of the molecule is O=[N+]([O-])c1ccc(Br)cc1-c1ccc2c(c1)-c1ccccc1C21c2ccccc2-c2ccccc21. The maximum absolute atomic E-state index is 11.8. The lowest BCUT2D eigenvalue weighted by atomic mass is 9.70. The Balaban J connectivity index is 1.57. The van der Waals surface area contributed by atoms with Crippen molar-refractivity contribution in [2.75, 3.05) is 0 Å². The van der Waals surface area contributed by atoms with Crippen LogP contribution < -0.4 is 0 Å². The molecule has 0 bridgehead atoms. The Morgan fingerprint density at radius 3 is 1.66 bits per heavy atom. The summed E-state index contributed by atoms with van der Waals surface area (Å²) in [5.74, 6) is 0. The molecule has 5 aromatic carbocycles. The molecule has 0 amide bonds. The zero-order chi connectivity index (χ0) is 23.7. The van der Waals surface area contributed by atoms with Crippen LogP contribution in [0.15, 0.2) is 114 Å². The van der Waals surface area contributed by atoms with Crippen molar-refractivity contribution in [3.63, 3.8) is 0 Å². The molecule has 0 radical (unpaired) electrons. The van der Waals surface area contributed by atoms with E-state index in [1.165, 1.54) is 38.9 Å². The third-order valence-corrected chi connectivity index (χ3v) is 7.96. The van der Waals surface area contributed by atoms with Crippen LogP contribution >= 0.6 is 15.9 Å². The summed E-state index contributed by atoms with van der Waals surface area (Å²) < 4.78 is 0.814. The molecule has 35 heavy (non-hydrogen) atoms. The van der Waals surface area contributed by atoms with Crippen molar-refractivity contribution in [3.8, 4) is 33.4 Å². The summed E-state index contributed by atoms with van der Waals surface area (Å²) in [5, 5.41) is 11.8. The van der Waals surface area contributed by atoms with Gasteiger partial charge in [0.2, 0.25) is 0 Å². The summed E-state index contributed by atoms with van der Waals surface area (Å²) in [5.41, 5.74) is 11.0. The molecule has 7 rings (SSSR count). The highest BCUT2D eigenvalue weighted by Gasteiger charge is 2.51. The van der Waals surface area contributed by atoms with E-state index in [0.29, 0.717) is 5.56 Å². The zero-order valence-electron chi connectivity index (χ0n) is 18.5. The van der Waals surface area contributed by atoms with Gasteiger partial charge in [0, 0.05) is 10.5 Å². The molecule has 166 valence electrons. The highest BCUT2D eigenvalue weighted by atomic mass is 79.9. The molecule has 1 spiro atoms. The third-order valence-electron chi connectivity index (χ3n) is 7.46. The number of nitro groups is 1. The van der Waals surface area contributed by atoms with E-state index in [0.717, 1.165) is 15.6 Å². The molecule has 0 saturated carbocycles. The van der Waals surface area contributed by atoms with Crippen molar-refractivity contribution in [2.24, 2.45) is 0 Å². The van der Waals surface area contributed by atoms with E-state index >= 15 is 0 Å². The molecular formula is C31H18BrNO2. The van der Waals surface area contributed by atoms with E-state index in [4.69, 9.17) is 0 Å². The Labute approximate surface area is 211 Å². The quantitative estimate of drug-likeness (QED) is 0.171. The van der Waals surface area contributed by atoms with E-state index in [1.54, 1.807) is 12.1 Å². The minimum atomic E-state index is -0.402. The molecule has 3 nitrogen and oxygen atoms in total. The molecule has 4 heteroatoms. The molecule has 0 fully saturated rings. The molecule has 5 aromatic rings. The van der Waals surface area contributed by atoms with Gasteiger partial charge in [-0.2, -0.15) is 0 Å². The molecule has 0 aromatic heterocycles. The summed E-state index contributed by atoms with van der Waals surface area (Å²) in [4.78, 5) is 11.5. The van der Waals surface area contributed by atoms with Gasteiger partial charge in [-0.15, -0.1) is 0 Å². The molecule has 2 aliphatic rings. The summed E-state index contributed by atoms with van der Waals surface area (Å²) in [6, 6.07) is 37.4. The maximum Gasteiger partial charge on any atom is 0.277 e. The van der Waals surface area contributed by atoms with Crippen LogP contribution in [0.3, 0.4) is 0 Å². The lowest BCUT2D eigenvalue weighted by Crippen LogP contribution is -2.25. The van der Waals surface area contributed by atoms with Crippen molar-refractivity contribution >= 4 is 21.6 Å². The number of rotatable bonds is 2. The van der Waals surface area contributed by atoms with Crippen LogP contribution in [0.25, 0.3) is 33.4 Å². The van der Waals surface area contributed by atoms with E-state index in [2.05, 4.69) is 101 Å². The molecule has 0 unspecified atom stereocenters. The molecular weight excluding hydrogens is 498 g/mol. The Hall–Kier alpha value is -4.02. The van der Waals surface area contributed by atoms with Gasteiger partial charge in [-0.25, -0.2) is 0 Å². The highest BCUT2D eigenvalue weighted by molar-refractivity contribution is 9.10. The van der Waals surface area contributed by atoms with E-state index < -0.39 is 5.41 Å². The molecule has 0 aliphatic heterocycles. The predicted octanol–water partition coefficient (Wildman–Crippen LogP) is 8.37. The van der Waals surface area contributed by atoms with Crippen LogP contribution in [0.4, 0.5) is 5.69 Å². The number of hydrogen-bond donors (Lipinski definition) is 0. The van der Waals surface area contributed by atoms with Crippen LogP contribution in [0.5, 0.6) is 0 Å². The fraction of sp³-hybridized carbons (Fsp3) is 0.0323. The molecule has 0 saturated heterocycles. The van der Waals surface area contributed by atoms with Gasteiger partial charge in [0.15, 0.2) is 0 Å². The van der Waals surface area contributed by atoms with Crippen molar-refractivity contribution < 1.29 is 4.92 Å². The summed E-state index contributed by atoms with van der Waals surface area (Å²) in [6.07, 6.45) is 0. The van der Waals surface area contributed by atoms with Gasteiger partial charge in [-0.3, -0.25) is 10.1 Å². The number of nitro benzene ring substituents is 1. The molecule has 0 atom stereocenters. The minimum Gasteiger partial charge on any atom is -0.258 e. The Bertz CT molecular complexity index is 1660. The third kappa shape index (κ3) is 2.60.